The second kappa shape index (κ2) is 4.49. The van der Waals surface area contributed by atoms with Gasteiger partial charge in [-0.15, -0.1) is 0 Å². The van der Waals surface area contributed by atoms with E-state index in [-0.39, 0.29) is 41.9 Å². The summed E-state index contributed by atoms with van der Waals surface area (Å²) in [6.45, 7) is 2.66. The molecule has 6 rings (SSSR count). The summed E-state index contributed by atoms with van der Waals surface area (Å²) in [7, 11) is 0. The number of rotatable bonds is 3. The molecule has 0 radical (unpaired) electrons. The van der Waals surface area contributed by atoms with Crippen molar-refractivity contribution in [2.45, 2.75) is 62.4 Å². The summed E-state index contributed by atoms with van der Waals surface area (Å²) < 4.78 is 17.8. The molecule has 2 saturated heterocycles. The number of esters is 1. The first-order valence-electron chi connectivity index (χ1n) is 9.60. The molecule has 138 valence electrons. The lowest BCUT2D eigenvalue weighted by molar-refractivity contribution is -0.136. The second-order valence-corrected chi connectivity index (χ2v) is 8.75. The fraction of sp³-hybridized carbons (Fsp3) is 0.700. The number of hydrogen-bond acceptors (Lipinski definition) is 6. The largest absolute Gasteiger partial charge is 0.458 e. The summed E-state index contributed by atoms with van der Waals surface area (Å²) in [5, 5.41) is 9.12. The number of aliphatic hydroxyl groups excluding tert-OH is 1. The molecule has 1 unspecified atom stereocenters. The highest BCUT2D eigenvalue weighted by atomic mass is 16.7. The Balaban J connectivity index is 1.45. The first-order chi connectivity index (χ1) is 12.5. The van der Waals surface area contributed by atoms with Gasteiger partial charge in [0.05, 0.1) is 6.10 Å². The summed E-state index contributed by atoms with van der Waals surface area (Å²) in [6.07, 6.45) is 5.13. The van der Waals surface area contributed by atoms with Gasteiger partial charge in [0, 0.05) is 17.6 Å². The molecule has 3 aliphatic carbocycles. The highest BCUT2D eigenvalue weighted by Crippen LogP contribution is 2.77. The number of hydrogen-bond donors (Lipinski definition) is 1. The number of ketones is 1. The molecule has 0 aromatic rings. The number of epoxide rings is 2. The summed E-state index contributed by atoms with van der Waals surface area (Å²) in [4.78, 5) is 25.3. The molecule has 0 aromatic carbocycles. The predicted molar refractivity (Wildman–Crippen MR) is 88.1 cm³/mol. The standard InChI is InChI=1S/C20H22O6/c1-18-5-4-11-12(9-24-17(11)23)13(18)8-14-19(25-14)16(22)10(3-2-6-21)7-15-20(18,19)26-15/h7,13-15,21H,2-6,8-9H2,1H3/t13?,14-,15-,18-,19+,20+/m0/s1. The van der Waals surface area contributed by atoms with Crippen LogP contribution in [-0.2, 0) is 23.8 Å². The van der Waals surface area contributed by atoms with Crippen molar-refractivity contribution in [2.24, 2.45) is 11.3 Å². The Morgan fingerprint density at radius 2 is 2.15 bits per heavy atom. The average Bonchev–Trinajstić information content (AvgIpc) is 3.50. The smallest absolute Gasteiger partial charge is 0.334 e. The molecule has 26 heavy (non-hydrogen) atoms. The monoisotopic (exact) mass is 358 g/mol. The van der Waals surface area contributed by atoms with Gasteiger partial charge in [0.2, 0.25) is 0 Å². The van der Waals surface area contributed by atoms with E-state index in [1.807, 2.05) is 6.08 Å². The Bertz CT molecular complexity index is 826. The third-order valence-electron chi connectivity index (χ3n) is 7.89. The van der Waals surface area contributed by atoms with Gasteiger partial charge in [-0.3, -0.25) is 4.79 Å². The van der Waals surface area contributed by atoms with Crippen LogP contribution in [0.2, 0.25) is 0 Å². The van der Waals surface area contributed by atoms with Crippen LogP contribution in [0.1, 0.15) is 39.0 Å². The summed E-state index contributed by atoms with van der Waals surface area (Å²) >= 11 is 0. The van der Waals surface area contributed by atoms with Crippen LogP contribution in [-0.4, -0.2) is 53.5 Å². The van der Waals surface area contributed by atoms with Crippen molar-refractivity contribution in [3.8, 4) is 0 Å². The molecule has 6 atom stereocenters. The third kappa shape index (κ3) is 1.42. The fourth-order valence-electron chi connectivity index (χ4n) is 6.59. The van der Waals surface area contributed by atoms with Crippen molar-refractivity contribution in [3.05, 3.63) is 22.8 Å². The summed E-state index contributed by atoms with van der Waals surface area (Å²) in [6, 6.07) is 0. The Hall–Kier alpha value is -1.50. The minimum absolute atomic E-state index is 0.0582. The zero-order valence-electron chi connectivity index (χ0n) is 14.7. The SMILES string of the molecule is C[C@]12CCC3=C(COC3=O)C1C[C@@H]1O[C@@]13C(=O)C(CCCO)=C[C@@H]1O[C@]123. The van der Waals surface area contributed by atoms with Gasteiger partial charge in [-0.05, 0) is 55.2 Å². The minimum Gasteiger partial charge on any atom is -0.458 e. The van der Waals surface area contributed by atoms with E-state index in [1.54, 1.807) is 0 Å². The van der Waals surface area contributed by atoms with E-state index in [2.05, 4.69) is 6.92 Å². The van der Waals surface area contributed by atoms with E-state index < -0.39 is 11.2 Å². The van der Waals surface area contributed by atoms with Crippen molar-refractivity contribution >= 4 is 11.8 Å². The molecule has 6 heteroatoms. The molecule has 0 bridgehead atoms. The lowest BCUT2D eigenvalue weighted by Gasteiger charge is -2.51. The van der Waals surface area contributed by atoms with Crippen LogP contribution in [0.5, 0.6) is 0 Å². The van der Waals surface area contributed by atoms with Crippen LogP contribution in [0.4, 0.5) is 0 Å². The van der Waals surface area contributed by atoms with Gasteiger partial charge < -0.3 is 19.3 Å². The number of aliphatic hydroxyl groups is 1. The Morgan fingerprint density at radius 1 is 1.31 bits per heavy atom. The topological polar surface area (TPSA) is 88.7 Å². The maximum Gasteiger partial charge on any atom is 0.334 e. The number of fused-ring (bicyclic) bond motifs is 2. The first-order valence-corrected chi connectivity index (χ1v) is 9.60. The lowest BCUT2D eigenvalue weighted by atomic mass is 9.48. The maximum absolute atomic E-state index is 13.3. The van der Waals surface area contributed by atoms with Gasteiger partial charge in [0.25, 0.3) is 0 Å². The van der Waals surface area contributed by atoms with E-state index in [0.29, 0.717) is 25.9 Å². The van der Waals surface area contributed by atoms with E-state index in [1.165, 1.54) is 0 Å². The number of Topliss-reactive ketones (excluding diaryl/α,β-unsaturated/α-hetero) is 1. The van der Waals surface area contributed by atoms with Gasteiger partial charge in [-0.1, -0.05) is 6.92 Å². The van der Waals surface area contributed by atoms with Crippen LogP contribution in [0.3, 0.4) is 0 Å². The number of carbonyl (C=O) groups is 2. The summed E-state index contributed by atoms with van der Waals surface area (Å²) in [5.74, 6) is 0.0543. The molecule has 3 aliphatic heterocycles. The van der Waals surface area contributed by atoms with Crippen molar-refractivity contribution in [1.29, 1.82) is 0 Å². The number of ether oxygens (including phenoxy) is 3. The average molecular weight is 358 g/mol. The molecule has 0 aromatic heterocycles. The normalized spacial score (nSPS) is 50.1. The third-order valence-corrected chi connectivity index (χ3v) is 7.89. The van der Waals surface area contributed by atoms with E-state index in [4.69, 9.17) is 19.3 Å². The highest BCUT2D eigenvalue weighted by Gasteiger charge is 2.92. The van der Waals surface area contributed by atoms with Crippen molar-refractivity contribution in [3.63, 3.8) is 0 Å². The maximum atomic E-state index is 13.3. The second-order valence-electron chi connectivity index (χ2n) is 8.75. The van der Waals surface area contributed by atoms with Crippen LogP contribution >= 0.6 is 0 Å². The Kier molecular flexibility index (Phi) is 2.68. The molecule has 2 spiro atoms. The fourth-order valence-corrected chi connectivity index (χ4v) is 6.59. The summed E-state index contributed by atoms with van der Waals surface area (Å²) in [5.41, 5.74) is 1.03. The Labute approximate surface area is 151 Å². The molecule has 3 heterocycles. The van der Waals surface area contributed by atoms with E-state index >= 15 is 0 Å². The van der Waals surface area contributed by atoms with Crippen LogP contribution in [0.15, 0.2) is 22.8 Å². The molecule has 6 nitrogen and oxygen atoms in total. The molecule has 0 amide bonds. The lowest BCUT2D eigenvalue weighted by Crippen LogP contribution is -2.63. The van der Waals surface area contributed by atoms with Crippen LogP contribution in [0.25, 0.3) is 0 Å². The van der Waals surface area contributed by atoms with Crippen LogP contribution in [0, 0.1) is 11.3 Å². The molecular weight excluding hydrogens is 336 g/mol. The number of cyclic esters (lactones) is 1. The van der Waals surface area contributed by atoms with Crippen LogP contribution < -0.4 is 0 Å². The van der Waals surface area contributed by atoms with E-state index in [0.717, 1.165) is 29.6 Å². The van der Waals surface area contributed by atoms with Crippen molar-refractivity contribution in [1.82, 2.24) is 0 Å². The van der Waals surface area contributed by atoms with Gasteiger partial charge in [-0.25, -0.2) is 4.79 Å². The van der Waals surface area contributed by atoms with Crippen molar-refractivity contribution < 1.29 is 28.9 Å². The molecule has 3 fully saturated rings. The van der Waals surface area contributed by atoms with Gasteiger partial charge in [-0.2, -0.15) is 0 Å². The molecule has 6 aliphatic rings. The highest BCUT2D eigenvalue weighted by molar-refractivity contribution is 6.08. The minimum atomic E-state index is -0.843. The predicted octanol–water partition coefficient (Wildman–Crippen LogP) is 1.22. The zero-order chi connectivity index (χ0) is 17.9. The molecular formula is C20H22O6. The van der Waals surface area contributed by atoms with Gasteiger partial charge in [0.1, 0.15) is 18.3 Å². The first kappa shape index (κ1) is 15.5. The van der Waals surface area contributed by atoms with Gasteiger partial charge >= 0.3 is 5.97 Å². The quantitative estimate of drug-likeness (QED) is 0.603. The van der Waals surface area contributed by atoms with Gasteiger partial charge in [0.15, 0.2) is 11.4 Å². The zero-order valence-corrected chi connectivity index (χ0v) is 14.7. The number of carbonyl (C=O) groups excluding carboxylic acids is 2. The Morgan fingerprint density at radius 3 is 2.96 bits per heavy atom. The van der Waals surface area contributed by atoms with Crippen molar-refractivity contribution in [2.75, 3.05) is 13.2 Å². The molecule has 1 saturated carbocycles. The van der Waals surface area contributed by atoms with E-state index in [9.17, 15) is 9.59 Å². The molecule has 1 N–H and O–H groups in total.